The highest BCUT2D eigenvalue weighted by molar-refractivity contribution is 6.37. The molecule has 0 unspecified atom stereocenters. The van der Waals surface area contributed by atoms with E-state index >= 15 is 0 Å². The summed E-state index contributed by atoms with van der Waals surface area (Å²) in [5, 5.41) is 8.79. The Labute approximate surface area is 135 Å². The van der Waals surface area contributed by atoms with E-state index in [-0.39, 0.29) is 5.15 Å². The van der Waals surface area contributed by atoms with Gasteiger partial charge in [-0.3, -0.25) is 0 Å². The highest BCUT2D eigenvalue weighted by Gasteiger charge is 2.24. The Morgan fingerprint density at radius 1 is 1.14 bits per heavy atom. The lowest BCUT2D eigenvalue weighted by molar-refractivity contribution is 0.559. The number of nitrogens with zero attached hydrogens (tertiary/aromatic N) is 4. The number of rotatable bonds is 3. The molecule has 0 saturated heterocycles. The van der Waals surface area contributed by atoms with Gasteiger partial charge in [0.15, 0.2) is 0 Å². The number of halogens is 3. The molecule has 1 aliphatic rings. The zero-order chi connectivity index (χ0) is 15.3. The molecule has 2 aromatic heterocycles. The summed E-state index contributed by atoms with van der Waals surface area (Å²) in [5.74, 6) is 0.0281. The number of aromatic nitrogens is 4. The summed E-state index contributed by atoms with van der Waals surface area (Å²) in [6, 6.07) is 6.73. The number of benzene rings is 1. The molecule has 22 heavy (non-hydrogen) atoms. The van der Waals surface area contributed by atoms with E-state index in [0.29, 0.717) is 27.6 Å². The van der Waals surface area contributed by atoms with Crippen LogP contribution in [0.25, 0.3) is 22.2 Å². The summed E-state index contributed by atoms with van der Waals surface area (Å²) < 4.78 is 15.9. The minimum atomic E-state index is -0.654. The van der Waals surface area contributed by atoms with Crippen LogP contribution >= 0.6 is 23.2 Å². The maximum Gasteiger partial charge on any atom is 0.222 e. The van der Waals surface area contributed by atoms with Gasteiger partial charge in [-0.2, -0.15) is 4.39 Å². The van der Waals surface area contributed by atoms with Crippen LogP contribution in [-0.4, -0.2) is 20.0 Å². The molecule has 2 heterocycles. The summed E-state index contributed by atoms with van der Waals surface area (Å²) in [6.45, 7) is 0.850. The first-order chi connectivity index (χ1) is 10.6. The van der Waals surface area contributed by atoms with E-state index in [2.05, 4.69) is 15.3 Å². The van der Waals surface area contributed by atoms with Crippen LogP contribution in [0.4, 0.5) is 4.39 Å². The van der Waals surface area contributed by atoms with Gasteiger partial charge < -0.3 is 0 Å². The Kier molecular flexibility index (Phi) is 3.27. The first-order valence-electron chi connectivity index (χ1n) is 6.97. The third kappa shape index (κ3) is 2.34. The summed E-state index contributed by atoms with van der Waals surface area (Å²) in [4.78, 5) is 3.62. The van der Waals surface area contributed by atoms with Crippen molar-refractivity contribution in [2.24, 2.45) is 5.92 Å². The molecule has 0 spiro atoms. The highest BCUT2D eigenvalue weighted by atomic mass is 35.5. The van der Waals surface area contributed by atoms with Crippen LogP contribution in [0, 0.1) is 11.9 Å². The molecular formula is C15H11Cl2FN4. The molecular weight excluding hydrogens is 326 g/mol. The lowest BCUT2D eigenvalue weighted by Crippen LogP contribution is -2.01. The second kappa shape index (κ2) is 5.18. The van der Waals surface area contributed by atoms with Crippen molar-refractivity contribution in [2.45, 2.75) is 19.4 Å². The zero-order valence-electron chi connectivity index (χ0n) is 11.4. The van der Waals surface area contributed by atoms with Crippen molar-refractivity contribution in [3.63, 3.8) is 0 Å². The number of hydrogen-bond donors (Lipinski definition) is 0. The van der Waals surface area contributed by atoms with Crippen molar-refractivity contribution in [3.8, 4) is 11.1 Å². The van der Waals surface area contributed by atoms with Gasteiger partial charge in [0.2, 0.25) is 5.95 Å². The minimum Gasteiger partial charge on any atom is -0.244 e. The minimum absolute atomic E-state index is 0.105. The van der Waals surface area contributed by atoms with Crippen molar-refractivity contribution >= 4 is 34.2 Å². The molecule has 0 amide bonds. The van der Waals surface area contributed by atoms with Crippen LogP contribution in [0.5, 0.6) is 0 Å². The van der Waals surface area contributed by atoms with E-state index in [1.54, 1.807) is 12.1 Å². The van der Waals surface area contributed by atoms with Crippen LogP contribution in [0.15, 0.2) is 24.3 Å². The molecule has 0 aliphatic heterocycles. The van der Waals surface area contributed by atoms with E-state index in [1.165, 1.54) is 18.9 Å². The standard InChI is InChI=1S/C15H11Cl2FN4/c16-12-6-4-10(15(18)19-12)9-3-5-11-14(13(9)17)20-21-22(11)7-8-1-2-8/h3-6,8H,1-2,7H2. The summed E-state index contributed by atoms with van der Waals surface area (Å²) in [6.07, 6.45) is 2.46. The van der Waals surface area contributed by atoms with E-state index in [0.717, 1.165) is 12.1 Å². The molecule has 0 radical (unpaired) electrons. The smallest absolute Gasteiger partial charge is 0.222 e. The molecule has 1 fully saturated rings. The first kappa shape index (κ1) is 13.9. The second-order valence-corrected chi connectivity index (χ2v) is 6.25. The fourth-order valence-electron chi connectivity index (χ4n) is 2.51. The van der Waals surface area contributed by atoms with Crippen molar-refractivity contribution in [1.82, 2.24) is 20.0 Å². The molecule has 1 aromatic carbocycles. The van der Waals surface area contributed by atoms with Gasteiger partial charge in [-0.05, 0) is 37.0 Å². The summed E-state index contributed by atoms with van der Waals surface area (Å²) in [7, 11) is 0. The summed E-state index contributed by atoms with van der Waals surface area (Å²) >= 11 is 12.1. The predicted octanol–water partition coefficient (Wildman–Crippen LogP) is 4.35. The molecule has 0 bridgehead atoms. The van der Waals surface area contributed by atoms with Crippen LogP contribution in [0.3, 0.4) is 0 Å². The van der Waals surface area contributed by atoms with Crippen LogP contribution in [0.1, 0.15) is 12.8 Å². The van der Waals surface area contributed by atoms with Gasteiger partial charge in [-0.25, -0.2) is 9.67 Å². The van der Waals surface area contributed by atoms with Crippen molar-refractivity contribution in [2.75, 3.05) is 0 Å². The van der Waals surface area contributed by atoms with Gasteiger partial charge in [0.05, 0.1) is 10.5 Å². The zero-order valence-corrected chi connectivity index (χ0v) is 12.9. The molecule has 4 nitrogen and oxygen atoms in total. The predicted molar refractivity (Wildman–Crippen MR) is 83.5 cm³/mol. The first-order valence-corrected chi connectivity index (χ1v) is 7.73. The lowest BCUT2D eigenvalue weighted by atomic mass is 10.1. The molecule has 1 saturated carbocycles. The van der Waals surface area contributed by atoms with Gasteiger partial charge in [0.1, 0.15) is 10.7 Å². The molecule has 1 aliphatic carbocycles. The SMILES string of the molecule is Fc1nc(Cl)ccc1-c1ccc2c(nnn2CC2CC2)c1Cl. The number of fused-ring (bicyclic) bond motifs is 1. The van der Waals surface area contributed by atoms with E-state index in [4.69, 9.17) is 23.2 Å². The van der Waals surface area contributed by atoms with Crippen LogP contribution in [0.2, 0.25) is 10.2 Å². The Morgan fingerprint density at radius 3 is 2.64 bits per heavy atom. The van der Waals surface area contributed by atoms with Crippen molar-refractivity contribution < 1.29 is 4.39 Å². The monoisotopic (exact) mass is 336 g/mol. The van der Waals surface area contributed by atoms with E-state index < -0.39 is 5.95 Å². The van der Waals surface area contributed by atoms with E-state index in [9.17, 15) is 4.39 Å². The van der Waals surface area contributed by atoms with Gasteiger partial charge >= 0.3 is 0 Å². The summed E-state index contributed by atoms with van der Waals surface area (Å²) in [5.41, 5.74) is 2.28. The Hall–Kier alpha value is -1.72. The average molecular weight is 337 g/mol. The van der Waals surface area contributed by atoms with Gasteiger partial charge in [-0.15, -0.1) is 5.10 Å². The molecule has 112 valence electrons. The lowest BCUT2D eigenvalue weighted by Gasteiger charge is -2.07. The van der Waals surface area contributed by atoms with Gasteiger partial charge in [0, 0.05) is 17.7 Å². The highest BCUT2D eigenvalue weighted by Crippen LogP contribution is 2.36. The number of pyridine rings is 1. The van der Waals surface area contributed by atoms with Crippen LogP contribution < -0.4 is 0 Å². The third-order valence-electron chi connectivity index (χ3n) is 3.86. The molecule has 3 aromatic rings. The quantitative estimate of drug-likeness (QED) is 0.668. The van der Waals surface area contributed by atoms with E-state index in [1.807, 2.05) is 10.7 Å². The Morgan fingerprint density at radius 2 is 1.91 bits per heavy atom. The van der Waals surface area contributed by atoms with Crippen LogP contribution in [-0.2, 0) is 6.54 Å². The fourth-order valence-corrected chi connectivity index (χ4v) is 2.94. The molecule has 0 atom stereocenters. The Bertz CT molecular complexity index is 873. The van der Waals surface area contributed by atoms with Crippen molar-refractivity contribution in [1.29, 1.82) is 0 Å². The second-order valence-electron chi connectivity index (χ2n) is 5.48. The topological polar surface area (TPSA) is 43.6 Å². The average Bonchev–Trinajstić information content (AvgIpc) is 3.20. The Balaban J connectivity index is 1.83. The molecule has 4 rings (SSSR count). The van der Waals surface area contributed by atoms with Gasteiger partial charge in [-0.1, -0.05) is 34.5 Å². The normalized spacial score (nSPS) is 14.7. The molecule has 0 N–H and O–H groups in total. The molecule has 7 heteroatoms. The fraction of sp³-hybridized carbons (Fsp3) is 0.267. The maximum absolute atomic E-state index is 14.0. The largest absolute Gasteiger partial charge is 0.244 e. The maximum atomic E-state index is 14.0. The number of hydrogen-bond acceptors (Lipinski definition) is 3. The third-order valence-corrected chi connectivity index (χ3v) is 4.45. The van der Waals surface area contributed by atoms with Crippen molar-refractivity contribution in [3.05, 3.63) is 40.4 Å². The van der Waals surface area contributed by atoms with Gasteiger partial charge in [0.25, 0.3) is 0 Å².